The van der Waals surface area contributed by atoms with Gasteiger partial charge in [-0.05, 0) is 65.9 Å². The number of benzene rings is 4. The molecule has 1 aliphatic heterocycles. The maximum absolute atomic E-state index is 15.9. The van der Waals surface area contributed by atoms with Gasteiger partial charge in [-0.3, -0.25) is 9.59 Å². The Hall–Kier alpha value is -6.36. The van der Waals surface area contributed by atoms with Crippen LogP contribution >= 0.6 is 0 Å². The largest absolute Gasteiger partial charge is 0.497 e. The number of H-pyrrole nitrogens is 1. The molecule has 50 heavy (non-hydrogen) atoms. The number of hydrogen-bond donors (Lipinski definition) is 3. The summed E-state index contributed by atoms with van der Waals surface area (Å²) >= 11 is 0. The first-order chi connectivity index (χ1) is 24.5. The number of pyridine rings is 1. The lowest BCUT2D eigenvalue weighted by Gasteiger charge is -2.27. The van der Waals surface area contributed by atoms with Crippen molar-refractivity contribution in [3.8, 4) is 34.1 Å². The zero-order chi connectivity index (χ0) is 34.2. The molecule has 0 unspecified atom stereocenters. The van der Waals surface area contributed by atoms with E-state index in [0.29, 0.717) is 42.9 Å². The van der Waals surface area contributed by atoms with Crippen molar-refractivity contribution in [3.63, 3.8) is 0 Å². The van der Waals surface area contributed by atoms with E-state index in [4.69, 9.17) is 9.47 Å². The van der Waals surface area contributed by atoms with Crippen molar-refractivity contribution < 1.29 is 18.7 Å². The monoisotopic (exact) mass is 668 g/mol. The van der Waals surface area contributed by atoms with Gasteiger partial charge >= 0.3 is 0 Å². The molecule has 0 radical (unpaired) electrons. The number of nitrogens with zero attached hydrogens (tertiary/aromatic N) is 3. The number of carbonyl (C=O) groups excluding carboxylic acids is 1. The minimum atomic E-state index is -0.643. The molecule has 1 aliphatic rings. The number of anilines is 1. The molecule has 7 aromatic rings. The molecule has 0 aliphatic carbocycles. The predicted octanol–water partition coefficient (Wildman–Crippen LogP) is 7.06. The summed E-state index contributed by atoms with van der Waals surface area (Å²) in [6, 6.07) is 22.6. The second kappa shape index (κ2) is 12.9. The number of aryl methyl sites for hydroxylation is 1. The number of carbonyl (C=O) groups is 1. The minimum Gasteiger partial charge on any atom is -0.497 e. The van der Waals surface area contributed by atoms with Gasteiger partial charge in [0, 0.05) is 55.3 Å². The molecular weight excluding hydrogens is 635 g/mol. The van der Waals surface area contributed by atoms with Crippen LogP contribution in [-0.4, -0.2) is 45.2 Å². The molecular formula is C39H33FN6O4. The van der Waals surface area contributed by atoms with Gasteiger partial charge in [0.25, 0.3) is 5.91 Å². The first kappa shape index (κ1) is 30.9. The molecule has 0 saturated carbocycles. The highest BCUT2D eigenvalue weighted by molar-refractivity contribution is 6.01. The van der Waals surface area contributed by atoms with Crippen molar-refractivity contribution in [3.05, 3.63) is 131 Å². The van der Waals surface area contributed by atoms with Crippen LogP contribution in [0.5, 0.6) is 17.2 Å². The Balaban J connectivity index is 1.15. The average Bonchev–Trinajstić information content (AvgIpc) is 3.82. The topological polar surface area (TPSA) is 115 Å². The fourth-order valence-electron chi connectivity index (χ4n) is 6.55. The van der Waals surface area contributed by atoms with Crippen molar-refractivity contribution in [2.75, 3.05) is 25.5 Å². The number of halogens is 1. The molecule has 0 atom stereocenters. The molecule has 0 bridgehead atoms. The van der Waals surface area contributed by atoms with E-state index in [1.54, 1.807) is 24.2 Å². The first-order valence-electron chi connectivity index (χ1n) is 16.4. The molecule has 0 saturated heterocycles. The number of methoxy groups -OCH3 is 1. The molecule has 250 valence electrons. The highest BCUT2D eigenvalue weighted by Crippen LogP contribution is 2.46. The van der Waals surface area contributed by atoms with Crippen LogP contribution in [0.25, 0.3) is 38.6 Å². The summed E-state index contributed by atoms with van der Waals surface area (Å²) in [6.45, 7) is 1.42. The van der Waals surface area contributed by atoms with Crippen molar-refractivity contribution in [1.82, 2.24) is 24.4 Å². The summed E-state index contributed by atoms with van der Waals surface area (Å²) in [5.41, 5.74) is 4.36. The number of amides is 1. The molecule has 3 aromatic heterocycles. The summed E-state index contributed by atoms with van der Waals surface area (Å²) in [4.78, 5) is 35.0. The van der Waals surface area contributed by atoms with Gasteiger partial charge < -0.3 is 34.2 Å². The van der Waals surface area contributed by atoms with Gasteiger partial charge in [0.05, 0.1) is 24.5 Å². The van der Waals surface area contributed by atoms with Crippen LogP contribution < -0.4 is 25.5 Å². The van der Waals surface area contributed by atoms with Gasteiger partial charge in [-0.15, -0.1) is 0 Å². The van der Waals surface area contributed by atoms with Gasteiger partial charge in [-0.1, -0.05) is 36.4 Å². The van der Waals surface area contributed by atoms with Crippen LogP contribution in [0.3, 0.4) is 0 Å². The van der Waals surface area contributed by atoms with E-state index in [1.165, 1.54) is 12.3 Å². The first-order valence-corrected chi connectivity index (χ1v) is 16.4. The standard InChI is InChI=1S/C39H33FN6O4/c1-49-27-9-10-32-28(19-27)26(21-44-32)12-14-43-39(48)30-22-46-33-18-25(24-6-3-2-4-7-24)8-11-34(33)50-38-35(31(40)20-29(36(38)46)37(30)47)42-13-5-16-45-17-15-41-23-45/h2-4,6-11,15,17-23,42,44H,5,12-14,16H2,1H3,(H,43,48). The smallest absolute Gasteiger partial charge is 0.256 e. The summed E-state index contributed by atoms with van der Waals surface area (Å²) in [5.74, 6) is 0.209. The van der Waals surface area contributed by atoms with Crippen LogP contribution in [0, 0.1) is 5.82 Å². The Bertz CT molecular complexity index is 2440. The lowest BCUT2D eigenvalue weighted by molar-refractivity contribution is 0.0952. The van der Waals surface area contributed by atoms with Crippen LogP contribution in [0.1, 0.15) is 22.3 Å². The number of ether oxygens (including phenoxy) is 2. The molecule has 3 N–H and O–H groups in total. The van der Waals surface area contributed by atoms with Gasteiger partial charge in [0.1, 0.15) is 22.5 Å². The van der Waals surface area contributed by atoms with E-state index in [9.17, 15) is 9.59 Å². The quantitative estimate of drug-likeness (QED) is 0.127. The number of imidazole rings is 1. The molecule has 4 aromatic carbocycles. The maximum Gasteiger partial charge on any atom is 0.256 e. The summed E-state index contributed by atoms with van der Waals surface area (Å²) in [7, 11) is 1.62. The third-order valence-corrected chi connectivity index (χ3v) is 9.09. The van der Waals surface area contributed by atoms with E-state index >= 15 is 4.39 Å². The van der Waals surface area contributed by atoms with Crippen molar-refractivity contribution in [2.24, 2.45) is 0 Å². The molecule has 1 amide bonds. The maximum atomic E-state index is 15.9. The summed E-state index contributed by atoms with van der Waals surface area (Å²) in [6.07, 6.45) is 9.97. The number of nitrogens with one attached hydrogen (secondary N) is 3. The zero-order valence-corrected chi connectivity index (χ0v) is 27.2. The SMILES string of the molecule is COc1ccc2[nH]cc(CCNC(=O)c3cn4c5c(c(NCCCn6ccnc6)c(F)cc5c3=O)Oc3ccc(-c5ccccc5)cc3-4)c2c1. The Morgan fingerprint density at radius 1 is 1.02 bits per heavy atom. The Morgan fingerprint density at radius 3 is 2.72 bits per heavy atom. The third kappa shape index (κ3) is 5.62. The molecule has 0 fully saturated rings. The van der Waals surface area contributed by atoms with Gasteiger partial charge in [-0.2, -0.15) is 0 Å². The van der Waals surface area contributed by atoms with Crippen LogP contribution in [0.15, 0.2) is 109 Å². The van der Waals surface area contributed by atoms with Crippen molar-refractivity contribution in [1.29, 1.82) is 0 Å². The van der Waals surface area contributed by atoms with Crippen LogP contribution in [-0.2, 0) is 13.0 Å². The molecule has 0 spiro atoms. The van der Waals surface area contributed by atoms with E-state index < -0.39 is 17.2 Å². The number of aromatic nitrogens is 4. The van der Waals surface area contributed by atoms with Gasteiger partial charge in [0.15, 0.2) is 17.3 Å². The van der Waals surface area contributed by atoms with E-state index in [0.717, 1.165) is 33.3 Å². The zero-order valence-electron chi connectivity index (χ0n) is 27.2. The number of hydrogen-bond acceptors (Lipinski definition) is 6. The Labute approximate surface area is 286 Å². The van der Waals surface area contributed by atoms with E-state index in [-0.39, 0.29) is 28.9 Å². The van der Waals surface area contributed by atoms with E-state index in [2.05, 4.69) is 20.6 Å². The molecule has 4 heterocycles. The normalized spacial score (nSPS) is 11.7. The van der Waals surface area contributed by atoms with Gasteiger partial charge in [0.2, 0.25) is 5.43 Å². The van der Waals surface area contributed by atoms with Crippen molar-refractivity contribution >= 4 is 33.4 Å². The number of rotatable bonds is 11. The lowest BCUT2D eigenvalue weighted by atomic mass is 10.0. The number of fused-ring (bicyclic) bond motifs is 3. The van der Waals surface area contributed by atoms with E-state index in [1.807, 2.05) is 83.7 Å². The average molecular weight is 669 g/mol. The minimum absolute atomic E-state index is 0.0496. The summed E-state index contributed by atoms with van der Waals surface area (Å²) < 4.78 is 31.4. The Kier molecular flexibility index (Phi) is 8.00. The van der Waals surface area contributed by atoms with Gasteiger partial charge in [-0.25, -0.2) is 9.37 Å². The highest BCUT2D eigenvalue weighted by atomic mass is 19.1. The fraction of sp³-hybridized carbons (Fsp3) is 0.154. The summed E-state index contributed by atoms with van der Waals surface area (Å²) in [5, 5.41) is 7.15. The molecule has 8 rings (SSSR count). The number of aromatic amines is 1. The van der Waals surface area contributed by atoms with Crippen LogP contribution in [0.4, 0.5) is 10.1 Å². The highest BCUT2D eigenvalue weighted by Gasteiger charge is 2.29. The van der Waals surface area contributed by atoms with Crippen molar-refractivity contribution in [2.45, 2.75) is 19.4 Å². The molecule has 11 heteroatoms. The second-order valence-electron chi connectivity index (χ2n) is 12.2. The predicted molar refractivity (Wildman–Crippen MR) is 191 cm³/mol. The fourth-order valence-corrected chi connectivity index (χ4v) is 6.55. The Morgan fingerprint density at radius 2 is 1.90 bits per heavy atom. The third-order valence-electron chi connectivity index (χ3n) is 9.09. The lowest BCUT2D eigenvalue weighted by Crippen LogP contribution is -2.31. The second-order valence-corrected chi connectivity index (χ2v) is 12.2. The molecule has 10 nitrogen and oxygen atoms in total. The van der Waals surface area contributed by atoms with Crippen LogP contribution in [0.2, 0.25) is 0 Å².